The Morgan fingerprint density at radius 3 is 2.50 bits per heavy atom. The molecule has 1 saturated carbocycles. The first-order valence-corrected chi connectivity index (χ1v) is 16.3. The van der Waals surface area contributed by atoms with Crippen LogP contribution in [0.15, 0.2) is 108 Å². The molecule has 6 unspecified atom stereocenters. The van der Waals surface area contributed by atoms with Crippen molar-refractivity contribution in [1.82, 2.24) is 0 Å². The van der Waals surface area contributed by atoms with E-state index < -0.39 is 0 Å². The maximum Gasteiger partial charge on any atom is 0.0626 e. The van der Waals surface area contributed by atoms with Gasteiger partial charge in [-0.2, -0.15) is 0 Å². The molecular formula is C41H39N. The van der Waals surface area contributed by atoms with Gasteiger partial charge in [-0.25, -0.2) is 0 Å². The van der Waals surface area contributed by atoms with Gasteiger partial charge in [0.05, 0.1) is 11.7 Å². The van der Waals surface area contributed by atoms with E-state index in [2.05, 4.69) is 124 Å². The zero-order chi connectivity index (χ0) is 28.1. The van der Waals surface area contributed by atoms with E-state index in [1.807, 2.05) is 0 Å². The average Bonchev–Trinajstić information content (AvgIpc) is 3.65. The van der Waals surface area contributed by atoms with Crippen LogP contribution >= 0.6 is 0 Å². The number of allylic oxidation sites excluding steroid dienone is 13. The highest BCUT2D eigenvalue weighted by Gasteiger charge is 2.60. The van der Waals surface area contributed by atoms with Crippen molar-refractivity contribution < 1.29 is 0 Å². The summed E-state index contributed by atoms with van der Waals surface area (Å²) in [5, 5.41) is 0. The lowest BCUT2D eigenvalue weighted by Gasteiger charge is -2.59. The molecule has 3 heterocycles. The zero-order valence-electron chi connectivity index (χ0n) is 25.2. The van der Waals surface area contributed by atoms with E-state index >= 15 is 0 Å². The predicted molar refractivity (Wildman–Crippen MR) is 175 cm³/mol. The molecule has 2 aromatic carbocycles. The molecule has 1 saturated heterocycles. The first-order chi connectivity index (χ1) is 20.3. The zero-order valence-corrected chi connectivity index (χ0v) is 25.2. The number of rotatable bonds is 2. The molecule has 0 bridgehead atoms. The summed E-state index contributed by atoms with van der Waals surface area (Å²) in [7, 11) is 0. The highest BCUT2D eigenvalue weighted by atomic mass is 15.2. The van der Waals surface area contributed by atoms with Crippen LogP contribution in [-0.2, 0) is 5.41 Å². The second-order valence-electron chi connectivity index (χ2n) is 15.3. The topological polar surface area (TPSA) is 3.24 Å². The van der Waals surface area contributed by atoms with E-state index in [1.54, 1.807) is 22.5 Å². The molecule has 2 fully saturated rings. The molecule has 2 aromatic rings. The van der Waals surface area contributed by atoms with E-state index in [-0.39, 0.29) is 5.41 Å². The lowest BCUT2D eigenvalue weighted by Crippen LogP contribution is -2.57. The highest BCUT2D eigenvalue weighted by Crippen LogP contribution is 2.67. The average molecular weight is 546 g/mol. The smallest absolute Gasteiger partial charge is 0.0626 e. The van der Waals surface area contributed by atoms with Crippen LogP contribution in [0.1, 0.15) is 69.2 Å². The van der Waals surface area contributed by atoms with Gasteiger partial charge < -0.3 is 4.90 Å². The molecule has 8 aliphatic rings. The number of nitrogens with zero attached hydrogens (tertiary/aromatic N) is 1. The van der Waals surface area contributed by atoms with Gasteiger partial charge >= 0.3 is 0 Å². The van der Waals surface area contributed by atoms with E-state index in [4.69, 9.17) is 0 Å². The Labute approximate surface area is 250 Å². The van der Waals surface area contributed by atoms with Crippen molar-refractivity contribution in [3.8, 4) is 0 Å². The summed E-state index contributed by atoms with van der Waals surface area (Å²) in [5.41, 5.74) is 16.8. The molecule has 6 atom stereocenters. The van der Waals surface area contributed by atoms with E-state index in [9.17, 15) is 0 Å². The molecule has 10 rings (SSSR count). The van der Waals surface area contributed by atoms with Crippen LogP contribution in [0.2, 0.25) is 0 Å². The molecule has 208 valence electrons. The number of hydrogen-bond acceptors (Lipinski definition) is 1. The second-order valence-corrected chi connectivity index (χ2v) is 15.3. The van der Waals surface area contributed by atoms with E-state index in [0.29, 0.717) is 41.0 Å². The molecule has 0 aromatic heterocycles. The van der Waals surface area contributed by atoms with Crippen LogP contribution < -0.4 is 4.90 Å². The summed E-state index contributed by atoms with van der Waals surface area (Å²) >= 11 is 0. The number of hydrogen-bond donors (Lipinski definition) is 0. The maximum absolute atomic E-state index is 2.87. The first-order valence-electron chi connectivity index (χ1n) is 16.3. The molecule has 42 heavy (non-hydrogen) atoms. The largest absolute Gasteiger partial charge is 0.336 e. The van der Waals surface area contributed by atoms with E-state index in [0.717, 1.165) is 0 Å². The lowest BCUT2D eigenvalue weighted by atomic mass is 9.55. The summed E-state index contributed by atoms with van der Waals surface area (Å²) in [6, 6.07) is 16.6. The number of piperidine rings is 1. The van der Waals surface area contributed by atoms with Gasteiger partial charge in [-0.15, -0.1) is 0 Å². The van der Waals surface area contributed by atoms with Crippen LogP contribution in [0, 0.1) is 35.0 Å². The minimum Gasteiger partial charge on any atom is -0.336 e. The summed E-state index contributed by atoms with van der Waals surface area (Å²) in [5.74, 6) is 3.18. The maximum atomic E-state index is 2.87. The fraction of sp³-hybridized carbons (Fsp3) is 0.366. The van der Waals surface area contributed by atoms with Gasteiger partial charge in [-0.3, -0.25) is 0 Å². The SMILES string of the molecule is CC1(C)C2=C3C(CC=C2)C(C)(C)C2CCC=C4c5cc(C6=CC7C8C=C(c9ccccc9)C=CC(=C6)C87)cc1c5N3C42. The third-order valence-electron chi connectivity index (χ3n) is 12.7. The van der Waals surface area contributed by atoms with Crippen molar-refractivity contribution in [2.24, 2.45) is 35.0 Å². The van der Waals surface area contributed by atoms with Gasteiger partial charge in [0.15, 0.2) is 0 Å². The minimum atomic E-state index is -0.0108. The molecule has 0 N–H and O–H groups in total. The van der Waals surface area contributed by atoms with Gasteiger partial charge in [0, 0.05) is 22.6 Å². The highest BCUT2D eigenvalue weighted by molar-refractivity contribution is 5.97. The van der Waals surface area contributed by atoms with Gasteiger partial charge in [-0.05, 0) is 105 Å². The Hall–Kier alpha value is -3.58. The normalized spacial score (nSPS) is 34.5. The Bertz CT molecular complexity index is 1830. The molecule has 1 nitrogen and oxygen atoms in total. The molecule has 0 spiro atoms. The van der Waals surface area contributed by atoms with Gasteiger partial charge in [0.2, 0.25) is 0 Å². The van der Waals surface area contributed by atoms with Crippen molar-refractivity contribution in [2.75, 3.05) is 4.90 Å². The van der Waals surface area contributed by atoms with Crippen molar-refractivity contribution in [3.63, 3.8) is 0 Å². The summed E-state index contributed by atoms with van der Waals surface area (Å²) < 4.78 is 0. The third-order valence-corrected chi connectivity index (χ3v) is 12.7. The van der Waals surface area contributed by atoms with Crippen molar-refractivity contribution in [2.45, 2.75) is 58.4 Å². The van der Waals surface area contributed by atoms with Crippen LogP contribution in [0.25, 0.3) is 16.7 Å². The van der Waals surface area contributed by atoms with Crippen LogP contribution in [-0.4, -0.2) is 6.04 Å². The molecule has 0 amide bonds. The van der Waals surface area contributed by atoms with Crippen molar-refractivity contribution in [1.29, 1.82) is 0 Å². The van der Waals surface area contributed by atoms with Gasteiger partial charge in [0.1, 0.15) is 0 Å². The molecular weight excluding hydrogens is 506 g/mol. The minimum absolute atomic E-state index is 0.0108. The Morgan fingerprint density at radius 1 is 0.857 bits per heavy atom. The number of fused-ring (bicyclic) bond motifs is 2. The molecule has 0 radical (unpaired) electrons. The molecule has 1 heteroatoms. The fourth-order valence-electron chi connectivity index (χ4n) is 10.4. The van der Waals surface area contributed by atoms with Gasteiger partial charge in [0.25, 0.3) is 0 Å². The fourth-order valence-corrected chi connectivity index (χ4v) is 10.4. The van der Waals surface area contributed by atoms with Crippen molar-refractivity contribution in [3.05, 3.63) is 130 Å². The van der Waals surface area contributed by atoms with Crippen LogP contribution in [0.4, 0.5) is 5.69 Å². The monoisotopic (exact) mass is 545 g/mol. The first kappa shape index (κ1) is 23.9. The summed E-state index contributed by atoms with van der Waals surface area (Å²) in [6.07, 6.45) is 23.8. The number of benzene rings is 2. The van der Waals surface area contributed by atoms with Gasteiger partial charge in [-0.1, -0.05) is 107 Å². The summed E-state index contributed by atoms with van der Waals surface area (Å²) in [4.78, 5) is 2.87. The van der Waals surface area contributed by atoms with E-state index in [1.165, 1.54) is 58.2 Å². The Balaban J connectivity index is 1.13. The molecule has 3 aliphatic heterocycles. The predicted octanol–water partition coefficient (Wildman–Crippen LogP) is 9.67. The van der Waals surface area contributed by atoms with Crippen LogP contribution in [0.5, 0.6) is 0 Å². The standard InChI is InChI=1S/C41H39N/c1-40(2)32-13-8-12-28-31-21-27(22-35-38(31)42(37(28)32)39-33(40)14-9-15-34(39)41(35,3)4)26-18-25-17-16-24(23-10-6-5-7-11-23)19-29-30(20-26)36(25)29/h5-7,9-12,15-22,29-30,32-33,36-37H,8,13-14H2,1-4H3. The number of anilines is 1. The van der Waals surface area contributed by atoms with Crippen LogP contribution in [0.3, 0.4) is 0 Å². The Morgan fingerprint density at radius 2 is 1.67 bits per heavy atom. The second kappa shape index (κ2) is 7.67. The molecule has 5 aliphatic carbocycles. The summed E-state index contributed by atoms with van der Waals surface area (Å²) in [6.45, 7) is 10.2. The third kappa shape index (κ3) is 2.81. The van der Waals surface area contributed by atoms with Crippen molar-refractivity contribution >= 4 is 22.4 Å². The lowest BCUT2D eigenvalue weighted by molar-refractivity contribution is 0.0870. The quantitative estimate of drug-likeness (QED) is 0.363. The Kier molecular flexibility index (Phi) is 4.37.